The molecule has 0 radical (unpaired) electrons. The second-order valence-electron chi connectivity index (χ2n) is 6.52. The number of rotatable bonds is 8. The van der Waals surface area contributed by atoms with Crippen molar-refractivity contribution >= 4 is 5.78 Å². The fourth-order valence-corrected chi connectivity index (χ4v) is 2.33. The van der Waals surface area contributed by atoms with Crippen LogP contribution in [-0.4, -0.2) is 18.0 Å². The Labute approximate surface area is 129 Å². The monoisotopic (exact) mass is 288 g/mol. The van der Waals surface area contributed by atoms with Crippen molar-refractivity contribution in [3.63, 3.8) is 0 Å². The topological polar surface area (TPSA) is 26.3 Å². The molecule has 0 N–H and O–H groups in total. The highest BCUT2D eigenvalue weighted by Gasteiger charge is 2.31. The van der Waals surface area contributed by atoms with Crippen LogP contribution in [0.4, 0.5) is 0 Å². The van der Waals surface area contributed by atoms with Crippen LogP contribution in [0.25, 0.3) is 0 Å². The normalized spacial score (nSPS) is 14.5. The average molecular weight is 288 g/mol. The minimum absolute atomic E-state index is 0.205. The fraction of sp³-hybridized carbons (Fsp3) is 0.526. The molecule has 116 valence electrons. The molecule has 0 aliphatic rings. The van der Waals surface area contributed by atoms with Gasteiger partial charge < -0.3 is 4.74 Å². The number of aryl methyl sites for hydroxylation is 1. The number of hydrogen-bond acceptors (Lipinski definition) is 2. The molecule has 1 aromatic carbocycles. The summed E-state index contributed by atoms with van der Waals surface area (Å²) in [5.41, 5.74) is 1.53. The molecule has 21 heavy (non-hydrogen) atoms. The van der Waals surface area contributed by atoms with E-state index < -0.39 is 5.41 Å². The first-order valence-corrected chi connectivity index (χ1v) is 7.57. The van der Waals surface area contributed by atoms with Crippen LogP contribution >= 0.6 is 0 Å². The molecule has 0 fully saturated rings. The van der Waals surface area contributed by atoms with Crippen LogP contribution in [0.2, 0.25) is 0 Å². The molecule has 0 aromatic heterocycles. The van der Waals surface area contributed by atoms with Gasteiger partial charge in [0.15, 0.2) is 0 Å². The molecule has 2 heteroatoms. The molecule has 0 saturated heterocycles. The minimum atomic E-state index is -0.437. The lowest BCUT2D eigenvalue weighted by atomic mass is 9.75. The van der Waals surface area contributed by atoms with E-state index in [2.05, 4.69) is 25.6 Å². The highest BCUT2D eigenvalue weighted by Crippen LogP contribution is 2.31. The standard InChI is InChI=1S/C19H28O2/c1-7-18(4,5)21-13-9-12-19(6,16(3)20)17-11-8-10-15(2)14-17/h7-8,10-11,14H,1,9,12-13H2,2-6H3. The third-order valence-corrected chi connectivity index (χ3v) is 4.22. The van der Waals surface area contributed by atoms with Gasteiger partial charge in [-0.25, -0.2) is 0 Å². The lowest BCUT2D eigenvalue weighted by Gasteiger charge is -2.29. The Morgan fingerprint density at radius 3 is 2.52 bits per heavy atom. The summed E-state index contributed by atoms with van der Waals surface area (Å²) in [6, 6.07) is 8.22. The lowest BCUT2D eigenvalue weighted by Crippen LogP contribution is -2.31. The molecular weight excluding hydrogens is 260 g/mol. The number of benzene rings is 1. The molecule has 2 nitrogen and oxygen atoms in total. The predicted octanol–water partition coefficient (Wildman–Crippen LogP) is 4.60. The maximum absolute atomic E-state index is 12.2. The van der Waals surface area contributed by atoms with Gasteiger partial charge in [-0.1, -0.05) is 35.9 Å². The molecule has 1 atom stereocenters. The van der Waals surface area contributed by atoms with Crippen molar-refractivity contribution in [2.45, 2.75) is 58.5 Å². The molecule has 0 amide bonds. The summed E-state index contributed by atoms with van der Waals surface area (Å²) in [7, 11) is 0. The van der Waals surface area contributed by atoms with E-state index in [4.69, 9.17) is 4.74 Å². The summed E-state index contributed by atoms with van der Waals surface area (Å²) >= 11 is 0. The van der Waals surface area contributed by atoms with Crippen molar-refractivity contribution in [2.24, 2.45) is 0 Å². The van der Waals surface area contributed by atoms with E-state index in [0.717, 1.165) is 18.4 Å². The third kappa shape index (κ3) is 4.82. The second-order valence-corrected chi connectivity index (χ2v) is 6.52. The molecule has 1 unspecified atom stereocenters. The summed E-state index contributed by atoms with van der Waals surface area (Å²) < 4.78 is 5.78. The van der Waals surface area contributed by atoms with Crippen LogP contribution in [0.15, 0.2) is 36.9 Å². The summed E-state index contributed by atoms with van der Waals surface area (Å²) in [6.45, 7) is 14.1. The zero-order valence-electron chi connectivity index (χ0n) is 14.0. The van der Waals surface area contributed by atoms with Crippen LogP contribution in [0.3, 0.4) is 0 Å². The SMILES string of the molecule is C=CC(C)(C)OCCCC(C)(C(C)=O)c1cccc(C)c1. The highest BCUT2D eigenvalue weighted by molar-refractivity contribution is 5.87. The summed E-state index contributed by atoms with van der Waals surface area (Å²) in [4.78, 5) is 12.2. The van der Waals surface area contributed by atoms with Crippen LogP contribution in [-0.2, 0) is 14.9 Å². The number of Topliss-reactive ketones (excluding diaryl/α,β-unsaturated/α-hetero) is 1. The first-order valence-electron chi connectivity index (χ1n) is 7.57. The van der Waals surface area contributed by atoms with Gasteiger partial charge in [0, 0.05) is 6.61 Å². The number of hydrogen-bond donors (Lipinski definition) is 0. The van der Waals surface area contributed by atoms with Crippen molar-refractivity contribution in [1.29, 1.82) is 0 Å². The second kappa shape index (κ2) is 7.04. The van der Waals surface area contributed by atoms with Crippen LogP contribution in [0.5, 0.6) is 0 Å². The van der Waals surface area contributed by atoms with Gasteiger partial charge in [-0.15, -0.1) is 6.58 Å². The Morgan fingerprint density at radius 1 is 1.33 bits per heavy atom. The van der Waals surface area contributed by atoms with Gasteiger partial charge in [0.05, 0.1) is 11.0 Å². The number of carbonyl (C=O) groups excluding carboxylic acids is 1. The van der Waals surface area contributed by atoms with Crippen molar-refractivity contribution < 1.29 is 9.53 Å². The van der Waals surface area contributed by atoms with E-state index in [1.165, 1.54) is 5.56 Å². The van der Waals surface area contributed by atoms with E-state index in [9.17, 15) is 4.79 Å². The number of ketones is 1. The van der Waals surface area contributed by atoms with Crippen LogP contribution in [0.1, 0.15) is 51.7 Å². The Balaban J connectivity index is 2.74. The van der Waals surface area contributed by atoms with Crippen LogP contribution < -0.4 is 0 Å². The van der Waals surface area contributed by atoms with Crippen molar-refractivity contribution in [1.82, 2.24) is 0 Å². The van der Waals surface area contributed by atoms with E-state index in [0.29, 0.717) is 6.61 Å². The first kappa shape index (κ1) is 17.6. The maximum atomic E-state index is 12.2. The van der Waals surface area contributed by atoms with Gasteiger partial charge in [0.25, 0.3) is 0 Å². The molecule has 0 spiro atoms. The van der Waals surface area contributed by atoms with Gasteiger partial charge >= 0.3 is 0 Å². The van der Waals surface area contributed by atoms with Gasteiger partial charge in [0.1, 0.15) is 5.78 Å². The molecule has 0 bridgehead atoms. The first-order chi connectivity index (χ1) is 9.71. The van der Waals surface area contributed by atoms with Gasteiger partial charge in [0.2, 0.25) is 0 Å². The third-order valence-electron chi connectivity index (χ3n) is 4.22. The Kier molecular flexibility index (Phi) is 5.91. The Hall–Kier alpha value is -1.41. The van der Waals surface area contributed by atoms with Crippen molar-refractivity contribution in [3.05, 3.63) is 48.0 Å². The molecular formula is C19H28O2. The fourth-order valence-electron chi connectivity index (χ4n) is 2.33. The van der Waals surface area contributed by atoms with Crippen molar-refractivity contribution in [3.8, 4) is 0 Å². The minimum Gasteiger partial charge on any atom is -0.372 e. The van der Waals surface area contributed by atoms with Gasteiger partial charge in [-0.05, 0) is 53.0 Å². The number of ether oxygens (including phenoxy) is 1. The highest BCUT2D eigenvalue weighted by atomic mass is 16.5. The van der Waals surface area contributed by atoms with Crippen molar-refractivity contribution in [2.75, 3.05) is 6.61 Å². The van der Waals surface area contributed by atoms with E-state index in [1.807, 2.05) is 32.9 Å². The molecule has 0 aliphatic heterocycles. The maximum Gasteiger partial charge on any atom is 0.140 e. The Bertz CT molecular complexity index is 502. The summed E-state index contributed by atoms with van der Waals surface area (Å²) in [6.07, 6.45) is 3.44. The number of carbonyl (C=O) groups is 1. The largest absolute Gasteiger partial charge is 0.372 e. The molecule has 0 saturated carbocycles. The van der Waals surface area contributed by atoms with E-state index >= 15 is 0 Å². The Morgan fingerprint density at radius 2 is 2.00 bits per heavy atom. The van der Waals surface area contributed by atoms with Gasteiger partial charge in [-0.3, -0.25) is 4.79 Å². The molecule has 0 heterocycles. The predicted molar refractivity (Wildman–Crippen MR) is 88.7 cm³/mol. The van der Waals surface area contributed by atoms with Gasteiger partial charge in [-0.2, -0.15) is 0 Å². The molecule has 1 aromatic rings. The van der Waals surface area contributed by atoms with Crippen LogP contribution in [0, 0.1) is 6.92 Å². The van der Waals surface area contributed by atoms with E-state index in [1.54, 1.807) is 13.0 Å². The molecule has 1 rings (SSSR count). The average Bonchev–Trinajstić information content (AvgIpc) is 2.43. The van der Waals surface area contributed by atoms with E-state index in [-0.39, 0.29) is 11.4 Å². The zero-order chi connectivity index (χ0) is 16.1. The molecule has 0 aliphatic carbocycles. The smallest absolute Gasteiger partial charge is 0.140 e. The quantitative estimate of drug-likeness (QED) is 0.516. The zero-order valence-corrected chi connectivity index (χ0v) is 14.0. The summed E-state index contributed by atoms with van der Waals surface area (Å²) in [5, 5.41) is 0. The lowest BCUT2D eigenvalue weighted by molar-refractivity contribution is -0.122. The summed E-state index contributed by atoms with van der Waals surface area (Å²) in [5.74, 6) is 0.205.